The Bertz CT molecular complexity index is 36.5. The molecule has 0 rings (SSSR count). The third-order valence-corrected chi connectivity index (χ3v) is 0.474. The zero-order chi connectivity index (χ0) is 11.5. The number of thiol groups is 1. The first-order valence-corrected chi connectivity index (χ1v) is 5.02. The van der Waals surface area contributed by atoms with Gasteiger partial charge < -0.3 is 22.2 Å². The van der Waals surface area contributed by atoms with Crippen molar-refractivity contribution in [3.8, 4) is 0 Å². The van der Waals surface area contributed by atoms with Gasteiger partial charge in [-0.3, -0.25) is 0 Å². The number of aliphatic hydroxyl groups is 3. The van der Waals surface area contributed by atoms with Gasteiger partial charge in [0.15, 0.2) is 0 Å². The zero-order valence-corrected chi connectivity index (χ0v) is 12.0. The fourth-order valence-electron chi connectivity index (χ4n) is 0. The van der Waals surface area contributed by atoms with Crippen LogP contribution < -0.4 is 0 Å². The summed E-state index contributed by atoms with van der Waals surface area (Å²) in [5.41, 5.74) is 0. The molecule has 3 N–H and O–H groups in total. The topological polar surface area (TPSA) is 60.7 Å². The van der Waals surface area contributed by atoms with Gasteiger partial charge in [0.05, 0.1) is 0 Å². The van der Waals surface area contributed by atoms with E-state index in [1.54, 1.807) is 20.8 Å². The van der Waals surface area contributed by atoms with Gasteiger partial charge in [0, 0.05) is 41.5 Å². The standard InChI is InChI=1S/C3H7S.3C2H6O.Ti/c1-2-3-4;3*1-2-3;/h4H,1-3H2;3*3H,2H2,1H3;/q-1;;;;. The van der Waals surface area contributed by atoms with Crippen LogP contribution in [0.15, 0.2) is 0 Å². The first kappa shape index (κ1) is 29.4. The molecule has 14 heavy (non-hydrogen) atoms. The third-order valence-electron chi connectivity index (χ3n) is 0.158. The van der Waals surface area contributed by atoms with Crippen LogP contribution in [-0.4, -0.2) is 40.9 Å². The van der Waals surface area contributed by atoms with Gasteiger partial charge >= 0.3 is 0 Å². The minimum atomic E-state index is 0. The Labute approximate surface area is 109 Å². The largest absolute Gasteiger partial charge is 0.397 e. The molecule has 0 radical (unpaired) electrons. The predicted octanol–water partition coefficient (Wildman–Crippen LogP) is 1.13. The number of rotatable bonds is 1. The summed E-state index contributed by atoms with van der Waals surface area (Å²) in [6, 6.07) is 0. The minimum Gasteiger partial charge on any atom is -0.397 e. The van der Waals surface area contributed by atoms with Crippen molar-refractivity contribution in [1.82, 2.24) is 0 Å². The van der Waals surface area contributed by atoms with Crippen LogP contribution in [0.25, 0.3) is 0 Å². The van der Waals surface area contributed by atoms with Crippen LogP contribution in [0.1, 0.15) is 27.2 Å². The van der Waals surface area contributed by atoms with E-state index in [9.17, 15) is 0 Å². The smallest absolute Gasteiger partial charge is 0.0402 e. The normalized spacial score (nSPS) is 6.00. The summed E-state index contributed by atoms with van der Waals surface area (Å²) < 4.78 is 0. The molecule has 0 spiro atoms. The van der Waals surface area contributed by atoms with Crippen molar-refractivity contribution in [2.45, 2.75) is 27.2 Å². The van der Waals surface area contributed by atoms with Crippen LogP contribution in [0, 0.1) is 6.92 Å². The monoisotopic (exact) mass is 261 g/mol. The van der Waals surface area contributed by atoms with E-state index in [2.05, 4.69) is 19.6 Å². The van der Waals surface area contributed by atoms with Crippen LogP contribution in [-0.2, 0) is 21.7 Å². The second kappa shape index (κ2) is 66.1. The molecule has 0 saturated carbocycles. The summed E-state index contributed by atoms with van der Waals surface area (Å²) in [5, 5.41) is 22.7. The molecule has 0 heterocycles. The predicted molar refractivity (Wildman–Crippen MR) is 62.1 cm³/mol. The van der Waals surface area contributed by atoms with E-state index in [1.807, 2.05) is 0 Å². The van der Waals surface area contributed by atoms with Crippen molar-refractivity contribution in [2.75, 3.05) is 25.6 Å². The molecule has 0 saturated heterocycles. The summed E-state index contributed by atoms with van der Waals surface area (Å²) in [6.45, 7) is 9.32. The molecule has 0 fully saturated rings. The van der Waals surface area contributed by atoms with E-state index in [-0.39, 0.29) is 41.5 Å². The van der Waals surface area contributed by atoms with Gasteiger partial charge in [0.1, 0.15) is 0 Å². The Morgan fingerprint density at radius 1 is 0.929 bits per heavy atom. The van der Waals surface area contributed by atoms with Crippen molar-refractivity contribution in [2.24, 2.45) is 0 Å². The second-order valence-electron chi connectivity index (χ2n) is 1.53. The van der Waals surface area contributed by atoms with Gasteiger partial charge in [-0.1, -0.05) is 0 Å². The van der Waals surface area contributed by atoms with E-state index in [4.69, 9.17) is 15.3 Å². The molecule has 0 amide bonds. The Morgan fingerprint density at radius 2 is 1.00 bits per heavy atom. The Hall–Kier alpha value is 0.944. The van der Waals surface area contributed by atoms with Crippen molar-refractivity contribution in [1.29, 1.82) is 0 Å². The first-order valence-electron chi connectivity index (χ1n) is 4.39. The van der Waals surface area contributed by atoms with E-state index >= 15 is 0 Å². The molecule has 0 aromatic carbocycles. The van der Waals surface area contributed by atoms with Crippen molar-refractivity contribution < 1.29 is 37.0 Å². The van der Waals surface area contributed by atoms with Crippen LogP contribution in [0.2, 0.25) is 0 Å². The average Bonchev–Trinajstić information content (AvgIpc) is 2.08. The number of hydrogen-bond acceptors (Lipinski definition) is 4. The average molecular weight is 261 g/mol. The fourth-order valence-corrected chi connectivity index (χ4v) is 0. The molecular weight excluding hydrogens is 236 g/mol. The van der Waals surface area contributed by atoms with E-state index in [0.29, 0.717) is 0 Å². The molecule has 90 valence electrons. The van der Waals surface area contributed by atoms with Crippen molar-refractivity contribution >= 4 is 12.6 Å². The fraction of sp³-hybridized carbons (Fsp3) is 0.889. The Balaban J connectivity index is -0.0000000254. The van der Waals surface area contributed by atoms with Gasteiger partial charge in [-0.05, 0) is 26.5 Å². The maximum Gasteiger partial charge on any atom is 0.0402 e. The Morgan fingerprint density at radius 3 is 1.00 bits per heavy atom. The van der Waals surface area contributed by atoms with Gasteiger partial charge in [-0.15, -0.1) is 0 Å². The maximum atomic E-state index is 7.57. The van der Waals surface area contributed by atoms with Gasteiger partial charge in [0.25, 0.3) is 0 Å². The molecule has 0 bridgehead atoms. The molecule has 0 atom stereocenters. The van der Waals surface area contributed by atoms with Crippen LogP contribution >= 0.6 is 12.6 Å². The van der Waals surface area contributed by atoms with E-state index in [1.165, 1.54) is 0 Å². The zero-order valence-electron chi connectivity index (χ0n) is 9.53. The molecule has 5 heteroatoms. The summed E-state index contributed by atoms with van der Waals surface area (Å²) in [6.07, 6.45) is 0.934. The SMILES string of the molecule is CCO.CCO.CCO.[CH2-]CCS.[Ti]. The summed E-state index contributed by atoms with van der Waals surface area (Å²) in [5.74, 6) is 0.903. The molecule has 0 aromatic heterocycles. The van der Waals surface area contributed by atoms with Crippen molar-refractivity contribution in [3.63, 3.8) is 0 Å². The number of hydrogen-bond donors (Lipinski definition) is 4. The Kier molecular flexibility index (Phi) is 139. The summed E-state index contributed by atoms with van der Waals surface area (Å²) in [7, 11) is 0. The molecule has 0 aliphatic rings. The minimum absolute atomic E-state index is 0. The molecule has 3 nitrogen and oxygen atoms in total. The molecule has 0 unspecified atom stereocenters. The van der Waals surface area contributed by atoms with Crippen molar-refractivity contribution in [3.05, 3.63) is 6.92 Å². The van der Waals surface area contributed by atoms with Gasteiger partial charge in [-0.25, -0.2) is 0 Å². The summed E-state index contributed by atoms with van der Waals surface area (Å²) >= 11 is 3.86. The van der Waals surface area contributed by atoms with Crippen LogP contribution in [0.5, 0.6) is 0 Å². The van der Waals surface area contributed by atoms with Crippen LogP contribution in [0.4, 0.5) is 0 Å². The third kappa shape index (κ3) is 489. The quantitative estimate of drug-likeness (QED) is 0.325. The first-order chi connectivity index (χ1) is 6.16. The number of aliphatic hydroxyl groups excluding tert-OH is 3. The maximum absolute atomic E-state index is 7.57. The molecule has 0 aliphatic carbocycles. The molecular formula is C9H25O3STi-. The molecule has 0 aromatic rings. The van der Waals surface area contributed by atoms with Gasteiger partial charge in [-0.2, -0.15) is 19.0 Å². The van der Waals surface area contributed by atoms with Crippen LogP contribution in [0.3, 0.4) is 0 Å². The van der Waals surface area contributed by atoms with E-state index < -0.39 is 0 Å². The van der Waals surface area contributed by atoms with Gasteiger partial charge in [0.2, 0.25) is 0 Å². The second-order valence-corrected chi connectivity index (χ2v) is 1.97. The summed E-state index contributed by atoms with van der Waals surface area (Å²) in [4.78, 5) is 0. The van der Waals surface area contributed by atoms with E-state index in [0.717, 1.165) is 12.2 Å². The molecule has 0 aliphatic heterocycles.